The van der Waals surface area contributed by atoms with E-state index in [2.05, 4.69) is 10.3 Å². The second-order valence-electron chi connectivity index (χ2n) is 3.08. The Balaban J connectivity index is 0.00000256. The van der Waals surface area contributed by atoms with Crippen molar-refractivity contribution in [3.63, 3.8) is 0 Å². The number of alkyl halides is 2. The van der Waals surface area contributed by atoms with Gasteiger partial charge in [-0.15, -0.1) is 17.5 Å². The van der Waals surface area contributed by atoms with E-state index < -0.39 is 29.0 Å². The van der Waals surface area contributed by atoms with Gasteiger partial charge in [-0.25, -0.2) is 26.6 Å². The van der Waals surface area contributed by atoms with Crippen molar-refractivity contribution in [2.24, 2.45) is 12.8 Å². The molecule has 100 valence electrons. The van der Waals surface area contributed by atoms with Crippen LogP contribution in [0.4, 0.5) is 8.78 Å². The summed E-state index contributed by atoms with van der Waals surface area (Å²) < 4.78 is 51.1. The van der Waals surface area contributed by atoms with Gasteiger partial charge in [-0.1, -0.05) is 5.21 Å². The minimum absolute atomic E-state index is 0. The highest BCUT2D eigenvalue weighted by Crippen LogP contribution is 2.11. The molecule has 17 heavy (non-hydrogen) atoms. The molecule has 3 N–H and O–H groups in total. The van der Waals surface area contributed by atoms with Gasteiger partial charge in [0.2, 0.25) is 0 Å². The molecule has 0 amide bonds. The van der Waals surface area contributed by atoms with Crippen molar-refractivity contribution in [3.05, 3.63) is 6.20 Å². The molecule has 7 nitrogen and oxygen atoms in total. The molecule has 1 heterocycles. The molecule has 1 aromatic heterocycles. The Morgan fingerprint density at radius 2 is 2.18 bits per heavy atom. The first kappa shape index (κ1) is 16.2. The number of aromatic nitrogens is 3. The summed E-state index contributed by atoms with van der Waals surface area (Å²) in [4.78, 5) is 0. The largest absolute Gasteiger partial charge is 0.325 e. The normalized spacial score (nSPS) is 12.2. The third kappa shape index (κ3) is 4.15. The van der Waals surface area contributed by atoms with Gasteiger partial charge in [0, 0.05) is 7.05 Å². The van der Waals surface area contributed by atoms with Crippen molar-refractivity contribution >= 4 is 22.4 Å². The van der Waals surface area contributed by atoms with Gasteiger partial charge in [-0.2, -0.15) is 0 Å². The van der Waals surface area contributed by atoms with E-state index in [9.17, 15) is 17.2 Å². The highest BCUT2D eigenvalue weighted by atomic mass is 35.5. The molecule has 0 saturated carbocycles. The first-order valence-electron chi connectivity index (χ1n) is 4.21. The van der Waals surface area contributed by atoms with Gasteiger partial charge in [0.1, 0.15) is 0 Å². The molecular weight excluding hydrogens is 280 g/mol. The lowest BCUT2D eigenvalue weighted by molar-refractivity contribution is 0.0170. The van der Waals surface area contributed by atoms with E-state index in [0.29, 0.717) is 0 Å². The lowest BCUT2D eigenvalue weighted by atomic mass is 10.3. The van der Waals surface area contributed by atoms with Crippen LogP contribution in [0.15, 0.2) is 11.2 Å². The van der Waals surface area contributed by atoms with Crippen LogP contribution in [0.3, 0.4) is 0 Å². The molecule has 0 aliphatic heterocycles. The van der Waals surface area contributed by atoms with Crippen LogP contribution in [0.5, 0.6) is 0 Å². The molecule has 0 spiro atoms. The fourth-order valence-corrected chi connectivity index (χ4v) is 1.99. The van der Waals surface area contributed by atoms with E-state index in [1.165, 1.54) is 7.05 Å². The second-order valence-corrected chi connectivity index (χ2v) is 4.79. The van der Waals surface area contributed by atoms with E-state index in [1.54, 1.807) is 4.72 Å². The van der Waals surface area contributed by atoms with Gasteiger partial charge in [0.25, 0.3) is 15.9 Å². The molecule has 0 saturated heterocycles. The zero-order valence-electron chi connectivity index (χ0n) is 8.80. The Bertz CT molecular complexity index is 463. The van der Waals surface area contributed by atoms with Crippen LogP contribution in [0, 0.1) is 0 Å². The van der Waals surface area contributed by atoms with E-state index in [0.717, 1.165) is 10.9 Å². The third-order valence-electron chi connectivity index (χ3n) is 1.77. The van der Waals surface area contributed by atoms with Crippen LogP contribution in [-0.4, -0.2) is 42.4 Å². The van der Waals surface area contributed by atoms with Crippen molar-refractivity contribution in [2.45, 2.75) is 10.9 Å². The number of nitrogens with two attached hydrogens (primary N) is 1. The van der Waals surface area contributed by atoms with E-state index in [-0.39, 0.29) is 17.4 Å². The number of rotatable bonds is 5. The van der Waals surface area contributed by atoms with E-state index >= 15 is 0 Å². The fourth-order valence-electron chi connectivity index (χ4n) is 0.870. The summed E-state index contributed by atoms with van der Waals surface area (Å²) in [5.74, 6) is -3.28. The van der Waals surface area contributed by atoms with Gasteiger partial charge in [-0.05, 0) is 0 Å². The molecule has 0 aromatic carbocycles. The molecular formula is C6H12ClF2N5O2S. The van der Waals surface area contributed by atoms with Crippen molar-refractivity contribution in [3.8, 4) is 0 Å². The maximum absolute atomic E-state index is 12.7. The molecule has 0 radical (unpaired) electrons. The first-order valence-corrected chi connectivity index (χ1v) is 5.69. The Labute approximate surface area is 103 Å². The Morgan fingerprint density at radius 3 is 2.59 bits per heavy atom. The van der Waals surface area contributed by atoms with Crippen LogP contribution in [-0.2, 0) is 17.1 Å². The van der Waals surface area contributed by atoms with Crippen LogP contribution in [0.1, 0.15) is 0 Å². The predicted octanol–water partition coefficient (Wildman–Crippen LogP) is -0.891. The molecule has 11 heteroatoms. The van der Waals surface area contributed by atoms with Crippen molar-refractivity contribution in [1.82, 2.24) is 19.7 Å². The highest BCUT2D eigenvalue weighted by molar-refractivity contribution is 7.89. The summed E-state index contributed by atoms with van der Waals surface area (Å²) in [5.41, 5.74) is 4.77. The number of hydrogen-bond donors (Lipinski definition) is 2. The average Bonchev–Trinajstić information content (AvgIpc) is 2.63. The molecule has 0 bridgehead atoms. The van der Waals surface area contributed by atoms with Crippen LogP contribution >= 0.6 is 12.4 Å². The van der Waals surface area contributed by atoms with Crippen LogP contribution in [0.2, 0.25) is 0 Å². The molecule has 0 fully saturated rings. The maximum atomic E-state index is 12.7. The van der Waals surface area contributed by atoms with Gasteiger partial charge in [0.05, 0.1) is 19.3 Å². The number of hydrogen-bond acceptors (Lipinski definition) is 5. The fraction of sp³-hybridized carbons (Fsp3) is 0.667. The van der Waals surface area contributed by atoms with Gasteiger partial charge in [-0.3, -0.25) is 0 Å². The minimum Gasteiger partial charge on any atom is -0.325 e. The topological polar surface area (TPSA) is 103 Å². The van der Waals surface area contributed by atoms with Crippen LogP contribution in [0.25, 0.3) is 0 Å². The van der Waals surface area contributed by atoms with Gasteiger partial charge < -0.3 is 5.73 Å². The van der Waals surface area contributed by atoms with E-state index in [4.69, 9.17) is 5.73 Å². The number of nitrogens with one attached hydrogen (secondary N) is 1. The summed E-state index contributed by atoms with van der Waals surface area (Å²) in [6.07, 6.45) is 0.961. The monoisotopic (exact) mass is 291 g/mol. The molecule has 1 rings (SSSR count). The van der Waals surface area contributed by atoms with Crippen molar-refractivity contribution < 1.29 is 17.2 Å². The standard InChI is InChI=1S/C6H11F2N5O2S.ClH/c1-13-5(2-10-12-13)16(14,15)11-4-6(7,8)3-9;/h2,11H,3-4,9H2,1H3;1H. The van der Waals surface area contributed by atoms with Crippen molar-refractivity contribution in [1.29, 1.82) is 0 Å². The van der Waals surface area contributed by atoms with Gasteiger partial charge in [0.15, 0.2) is 5.03 Å². The number of aryl methyl sites for hydroxylation is 1. The first-order chi connectivity index (χ1) is 7.28. The number of halogens is 3. The Hall–Kier alpha value is -0.840. The van der Waals surface area contributed by atoms with Crippen LogP contribution < -0.4 is 10.5 Å². The number of sulfonamides is 1. The Morgan fingerprint density at radius 1 is 1.59 bits per heavy atom. The predicted molar refractivity (Wildman–Crippen MR) is 57.4 cm³/mol. The highest BCUT2D eigenvalue weighted by Gasteiger charge is 2.30. The molecule has 0 aliphatic carbocycles. The lowest BCUT2D eigenvalue weighted by Gasteiger charge is -2.14. The quantitative estimate of drug-likeness (QED) is 0.732. The SMILES string of the molecule is Cl.Cn1nncc1S(=O)(=O)NCC(F)(F)CN. The zero-order valence-corrected chi connectivity index (χ0v) is 10.4. The molecule has 1 aromatic rings. The molecule has 0 atom stereocenters. The zero-order chi connectivity index (χ0) is 12.4. The summed E-state index contributed by atoms with van der Waals surface area (Å²) in [7, 11) is -2.70. The molecule has 0 aliphatic rings. The lowest BCUT2D eigenvalue weighted by Crippen LogP contribution is -2.41. The summed E-state index contributed by atoms with van der Waals surface area (Å²) in [5, 5.41) is 6.43. The van der Waals surface area contributed by atoms with Crippen molar-refractivity contribution in [2.75, 3.05) is 13.1 Å². The maximum Gasteiger partial charge on any atom is 0.273 e. The number of nitrogens with zero attached hydrogens (tertiary/aromatic N) is 3. The molecule has 0 unspecified atom stereocenters. The average molecular weight is 292 g/mol. The second kappa shape index (κ2) is 5.67. The summed E-state index contributed by atoms with van der Waals surface area (Å²) in [6, 6.07) is 0. The third-order valence-corrected chi connectivity index (χ3v) is 3.21. The minimum atomic E-state index is -4.04. The summed E-state index contributed by atoms with van der Waals surface area (Å²) in [6.45, 7) is -1.99. The van der Waals surface area contributed by atoms with E-state index in [1.807, 2.05) is 0 Å². The summed E-state index contributed by atoms with van der Waals surface area (Å²) >= 11 is 0. The Kier molecular flexibility index (Phi) is 5.39. The van der Waals surface area contributed by atoms with Gasteiger partial charge >= 0.3 is 0 Å². The smallest absolute Gasteiger partial charge is 0.273 e.